The third-order valence-electron chi connectivity index (χ3n) is 4.71. The molecule has 3 rings (SSSR count). The summed E-state index contributed by atoms with van der Waals surface area (Å²) in [5.74, 6) is -0.290. The van der Waals surface area contributed by atoms with Crippen LogP contribution in [-0.2, 0) is 28.3 Å². The standard InChI is InChI=1S/C17H21N3O4S/c1-10-16(11(2)20(3)18-10)25(22,23)19-17(21)14-9-8-13-12(14)6-5-7-15(13)24-4/h5-7,14H,8-9H2,1-4H3,(H,19,21). The van der Waals surface area contributed by atoms with E-state index in [2.05, 4.69) is 9.82 Å². The molecule has 0 bridgehead atoms. The number of ether oxygens (including phenoxy) is 1. The fraction of sp³-hybridized carbons (Fsp3) is 0.412. The molecule has 8 heteroatoms. The highest BCUT2D eigenvalue weighted by atomic mass is 32.2. The van der Waals surface area contributed by atoms with E-state index < -0.39 is 21.8 Å². The van der Waals surface area contributed by atoms with E-state index in [-0.39, 0.29) is 4.90 Å². The zero-order valence-electron chi connectivity index (χ0n) is 14.7. The average molecular weight is 363 g/mol. The van der Waals surface area contributed by atoms with Gasteiger partial charge in [-0.3, -0.25) is 9.48 Å². The zero-order chi connectivity index (χ0) is 18.4. The molecule has 2 aromatic rings. The number of nitrogens with one attached hydrogen (secondary N) is 1. The molecular weight excluding hydrogens is 342 g/mol. The van der Waals surface area contributed by atoms with Crippen LogP contribution in [0.15, 0.2) is 23.1 Å². The average Bonchev–Trinajstić information content (AvgIpc) is 3.08. The minimum atomic E-state index is -3.97. The summed E-state index contributed by atoms with van der Waals surface area (Å²) in [6.07, 6.45) is 1.24. The number of amides is 1. The van der Waals surface area contributed by atoms with Crippen LogP contribution in [0.1, 0.15) is 34.9 Å². The molecule has 1 unspecified atom stereocenters. The summed E-state index contributed by atoms with van der Waals surface area (Å²) in [6.45, 7) is 3.27. The van der Waals surface area contributed by atoms with Crippen LogP contribution >= 0.6 is 0 Å². The van der Waals surface area contributed by atoms with Gasteiger partial charge in [0.15, 0.2) is 0 Å². The highest BCUT2D eigenvalue weighted by molar-refractivity contribution is 7.90. The molecular formula is C17H21N3O4S. The van der Waals surface area contributed by atoms with Crippen molar-refractivity contribution < 1.29 is 17.9 Å². The number of rotatable bonds is 4. The van der Waals surface area contributed by atoms with E-state index in [9.17, 15) is 13.2 Å². The number of nitrogens with zero attached hydrogens (tertiary/aromatic N) is 2. The highest BCUT2D eigenvalue weighted by Gasteiger charge is 2.34. The Balaban J connectivity index is 1.90. The van der Waals surface area contributed by atoms with Crippen LogP contribution < -0.4 is 9.46 Å². The molecule has 0 fully saturated rings. The summed E-state index contributed by atoms with van der Waals surface area (Å²) in [5, 5.41) is 4.11. The Hall–Kier alpha value is -2.35. The second kappa shape index (κ2) is 6.18. The smallest absolute Gasteiger partial charge is 0.267 e. The first-order chi connectivity index (χ1) is 11.8. The lowest BCUT2D eigenvalue weighted by molar-refractivity contribution is -0.120. The molecule has 0 spiro atoms. The van der Waals surface area contributed by atoms with E-state index in [4.69, 9.17) is 4.74 Å². The van der Waals surface area contributed by atoms with Crippen molar-refractivity contribution in [2.75, 3.05) is 7.11 Å². The molecule has 0 aliphatic heterocycles. The summed E-state index contributed by atoms with van der Waals surface area (Å²) in [7, 11) is -0.716. The van der Waals surface area contributed by atoms with Gasteiger partial charge in [0.2, 0.25) is 5.91 Å². The number of aryl methyl sites for hydroxylation is 2. The van der Waals surface area contributed by atoms with Gasteiger partial charge >= 0.3 is 0 Å². The fourth-order valence-electron chi connectivity index (χ4n) is 3.48. The number of hydrogen-bond donors (Lipinski definition) is 1. The van der Waals surface area contributed by atoms with Crippen molar-refractivity contribution in [1.29, 1.82) is 0 Å². The van der Waals surface area contributed by atoms with Gasteiger partial charge < -0.3 is 4.74 Å². The molecule has 1 aromatic carbocycles. The van der Waals surface area contributed by atoms with E-state index in [1.54, 1.807) is 28.0 Å². The van der Waals surface area contributed by atoms with E-state index in [0.717, 1.165) is 16.9 Å². The highest BCUT2D eigenvalue weighted by Crippen LogP contribution is 2.38. The SMILES string of the molecule is COc1cccc2c1CCC2C(=O)NS(=O)(=O)c1c(C)nn(C)c1C. The largest absolute Gasteiger partial charge is 0.496 e. The third-order valence-corrected chi connectivity index (χ3v) is 6.31. The number of aromatic nitrogens is 2. The Kier molecular flexibility index (Phi) is 4.32. The van der Waals surface area contributed by atoms with Gasteiger partial charge in [0, 0.05) is 7.05 Å². The lowest BCUT2D eigenvalue weighted by atomic mass is 10.0. The minimum absolute atomic E-state index is 0.0622. The number of sulfonamides is 1. The van der Waals surface area contributed by atoms with Crippen molar-refractivity contribution >= 4 is 15.9 Å². The molecule has 1 amide bonds. The molecule has 0 saturated heterocycles. The molecule has 1 aromatic heterocycles. The molecule has 1 heterocycles. The van der Waals surface area contributed by atoms with Crippen molar-refractivity contribution in [3.8, 4) is 5.75 Å². The number of hydrogen-bond acceptors (Lipinski definition) is 5. The molecule has 25 heavy (non-hydrogen) atoms. The summed E-state index contributed by atoms with van der Waals surface area (Å²) < 4.78 is 34.4. The van der Waals surface area contributed by atoms with Crippen LogP contribution in [0.2, 0.25) is 0 Å². The van der Waals surface area contributed by atoms with Gasteiger partial charge in [-0.05, 0) is 43.9 Å². The Labute approximate surface area is 147 Å². The Morgan fingerprint density at radius 1 is 1.36 bits per heavy atom. The predicted octanol–water partition coefficient (Wildman–Crippen LogP) is 1.58. The second-order valence-electron chi connectivity index (χ2n) is 6.21. The molecule has 1 aliphatic rings. The van der Waals surface area contributed by atoms with E-state index in [0.29, 0.717) is 24.2 Å². The molecule has 1 atom stereocenters. The van der Waals surface area contributed by atoms with Crippen LogP contribution in [0.5, 0.6) is 5.75 Å². The number of carbonyl (C=O) groups excluding carboxylic acids is 1. The molecule has 7 nitrogen and oxygen atoms in total. The minimum Gasteiger partial charge on any atom is -0.496 e. The van der Waals surface area contributed by atoms with Crippen LogP contribution in [0.3, 0.4) is 0 Å². The van der Waals surface area contributed by atoms with Crippen LogP contribution in [0, 0.1) is 13.8 Å². The molecule has 1 N–H and O–H groups in total. The topological polar surface area (TPSA) is 90.3 Å². The van der Waals surface area contributed by atoms with E-state index >= 15 is 0 Å². The zero-order valence-corrected chi connectivity index (χ0v) is 15.5. The van der Waals surface area contributed by atoms with Gasteiger partial charge in [-0.15, -0.1) is 0 Å². The Morgan fingerprint density at radius 3 is 2.68 bits per heavy atom. The molecule has 0 saturated carbocycles. The number of methoxy groups -OCH3 is 1. The van der Waals surface area contributed by atoms with Gasteiger partial charge in [-0.2, -0.15) is 5.10 Å². The third kappa shape index (κ3) is 2.90. The summed E-state index contributed by atoms with van der Waals surface area (Å²) >= 11 is 0. The molecule has 1 aliphatic carbocycles. The van der Waals surface area contributed by atoms with Crippen LogP contribution in [0.4, 0.5) is 0 Å². The second-order valence-corrected chi connectivity index (χ2v) is 7.83. The Bertz CT molecular complexity index is 947. The first-order valence-corrected chi connectivity index (χ1v) is 9.47. The van der Waals surface area contributed by atoms with Crippen molar-refractivity contribution in [3.63, 3.8) is 0 Å². The van der Waals surface area contributed by atoms with Gasteiger partial charge in [0.25, 0.3) is 10.0 Å². The summed E-state index contributed by atoms with van der Waals surface area (Å²) in [5.41, 5.74) is 2.66. The van der Waals surface area contributed by atoms with Gasteiger partial charge in [0.05, 0.1) is 24.4 Å². The maximum Gasteiger partial charge on any atom is 0.267 e. The quantitative estimate of drug-likeness (QED) is 0.891. The maximum atomic E-state index is 12.7. The predicted molar refractivity (Wildman–Crippen MR) is 92.1 cm³/mol. The lowest BCUT2D eigenvalue weighted by Gasteiger charge is -2.13. The van der Waals surface area contributed by atoms with Crippen molar-refractivity contribution in [2.24, 2.45) is 7.05 Å². The van der Waals surface area contributed by atoms with Gasteiger partial charge in [0.1, 0.15) is 10.6 Å². The van der Waals surface area contributed by atoms with Crippen molar-refractivity contribution in [1.82, 2.24) is 14.5 Å². The van der Waals surface area contributed by atoms with E-state index in [1.807, 2.05) is 18.2 Å². The molecule has 0 radical (unpaired) electrons. The summed E-state index contributed by atoms with van der Waals surface area (Å²) in [4.78, 5) is 12.7. The first kappa shape index (κ1) is 17.5. The maximum absolute atomic E-state index is 12.7. The fourth-order valence-corrected chi connectivity index (χ4v) is 4.94. The van der Waals surface area contributed by atoms with Gasteiger partial charge in [-0.1, -0.05) is 12.1 Å². The Morgan fingerprint density at radius 2 is 2.08 bits per heavy atom. The van der Waals surface area contributed by atoms with Crippen molar-refractivity contribution in [2.45, 2.75) is 37.5 Å². The van der Waals surface area contributed by atoms with Crippen LogP contribution in [-0.4, -0.2) is 31.2 Å². The first-order valence-electron chi connectivity index (χ1n) is 7.99. The van der Waals surface area contributed by atoms with E-state index in [1.165, 1.54) is 4.68 Å². The lowest BCUT2D eigenvalue weighted by Crippen LogP contribution is -2.34. The normalized spacial score (nSPS) is 16.6. The van der Waals surface area contributed by atoms with Crippen LogP contribution in [0.25, 0.3) is 0 Å². The monoisotopic (exact) mass is 363 g/mol. The number of fused-ring (bicyclic) bond motifs is 1. The van der Waals surface area contributed by atoms with Gasteiger partial charge in [-0.25, -0.2) is 13.1 Å². The molecule has 134 valence electrons. The van der Waals surface area contributed by atoms with Crippen molar-refractivity contribution in [3.05, 3.63) is 40.7 Å². The summed E-state index contributed by atoms with van der Waals surface area (Å²) in [6, 6.07) is 5.51. The number of carbonyl (C=O) groups is 1. The number of benzene rings is 1.